The van der Waals surface area contributed by atoms with E-state index in [1.807, 2.05) is 12.1 Å². The topological polar surface area (TPSA) is 89.3 Å². The molecule has 136 valence electrons. The Labute approximate surface area is 151 Å². The third-order valence-electron chi connectivity index (χ3n) is 3.74. The van der Waals surface area contributed by atoms with Crippen molar-refractivity contribution in [2.45, 2.75) is 0 Å². The molecule has 1 saturated heterocycles. The fourth-order valence-electron chi connectivity index (χ4n) is 2.31. The number of nitrogens with zero attached hydrogens (tertiary/aromatic N) is 3. The third-order valence-corrected chi connectivity index (χ3v) is 3.74. The highest BCUT2D eigenvalue weighted by molar-refractivity contribution is 5.85. The fourth-order valence-corrected chi connectivity index (χ4v) is 2.31. The third kappa shape index (κ3) is 4.91. The van der Waals surface area contributed by atoms with Gasteiger partial charge in [-0.2, -0.15) is 4.98 Å². The summed E-state index contributed by atoms with van der Waals surface area (Å²) in [5.74, 6) is 2.00. The van der Waals surface area contributed by atoms with Crippen LogP contribution < -0.4 is 15.4 Å². The molecule has 2 aromatic rings. The number of nitrogens with one attached hydrogen (secondary N) is 1. The maximum Gasteiger partial charge on any atom is 0.245 e. The molecule has 25 heavy (non-hydrogen) atoms. The summed E-state index contributed by atoms with van der Waals surface area (Å²) in [6.07, 6.45) is 0.482. The van der Waals surface area contributed by atoms with Crippen LogP contribution in [0.4, 0.5) is 10.3 Å². The number of aromatic amines is 1. The van der Waals surface area contributed by atoms with Crippen LogP contribution in [0.1, 0.15) is 0 Å². The van der Waals surface area contributed by atoms with E-state index in [1.165, 1.54) is 0 Å². The molecule has 7 nitrogen and oxygen atoms in total. The van der Waals surface area contributed by atoms with E-state index in [4.69, 9.17) is 15.2 Å². The second-order valence-corrected chi connectivity index (χ2v) is 5.37. The van der Waals surface area contributed by atoms with Gasteiger partial charge in [0.2, 0.25) is 5.95 Å². The average Bonchev–Trinajstić information content (AvgIpc) is 3.14. The van der Waals surface area contributed by atoms with Gasteiger partial charge in [0.15, 0.2) is 5.82 Å². The number of ether oxygens (including phenoxy) is 2. The number of aromatic nitrogens is 3. The van der Waals surface area contributed by atoms with Crippen molar-refractivity contribution in [2.75, 3.05) is 44.4 Å². The predicted molar refractivity (Wildman–Crippen MR) is 95.8 cm³/mol. The highest BCUT2D eigenvalue weighted by Gasteiger charge is 2.16. The molecule has 0 unspecified atom stereocenters. The van der Waals surface area contributed by atoms with Gasteiger partial charge in [0, 0.05) is 30.8 Å². The molecule has 0 atom stereocenters. The molecule has 1 aliphatic rings. The van der Waals surface area contributed by atoms with Gasteiger partial charge >= 0.3 is 0 Å². The highest BCUT2D eigenvalue weighted by Crippen LogP contribution is 2.21. The Bertz CT molecular complexity index is 686. The van der Waals surface area contributed by atoms with Gasteiger partial charge in [-0.1, -0.05) is 0 Å². The fraction of sp³-hybridized carbons (Fsp3) is 0.375. The van der Waals surface area contributed by atoms with E-state index < -0.39 is 0 Å². The number of H-pyrrole nitrogens is 1. The number of hydrogen-bond acceptors (Lipinski definition) is 6. The number of nitrogens with two attached hydrogens (primary N) is 1. The summed E-state index contributed by atoms with van der Waals surface area (Å²) in [6.45, 7) is 3.22. The maximum absolute atomic E-state index is 12.4. The number of anilines is 1. The number of rotatable bonds is 6. The monoisotopic (exact) mass is 369 g/mol. The van der Waals surface area contributed by atoms with E-state index in [-0.39, 0.29) is 25.6 Å². The van der Waals surface area contributed by atoms with Crippen molar-refractivity contribution in [2.24, 2.45) is 5.73 Å². The number of halogens is 2. The Morgan fingerprint density at radius 3 is 2.68 bits per heavy atom. The zero-order chi connectivity index (χ0) is 16.8. The highest BCUT2D eigenvalue weighted by atomic mass is 35.5. The first kappa shape index (κ1) is 19.2. The molecule has 3 N–H and O–H groups in total. The Morgan fingerprint density at radius 2 is 2.04 bits per heavy atom. The molecular formula is C16H21ClFN5O2. The second-order valence-electron chi connectivity index (χ2n) is 5.37. The maximum atomic E-state index is 12.4. The van der Waals surface area contributed by atoms with Crippen LogP contribution in [0, 0.1) is 0 Å². The van der Waals surface area contributed by atoms with Crippen LogP contribution >= 0.6 is 12.4 Å². The normalized spacial score (nSPS) is 15.0. The molecule has 0 radical (unpaired) electrons. The Balaban J connectivity index is 0.00000225. The Morgan fingerprint density at radius 1 is 1.32 bits per heavy atom. The minimum Gasteiger partial charge on any atom is -0.489 e. The van der Waals surface area contributed by atoms with Gasteiger partial charge in [-0.15, -0.1) is 17.5 Å². The Hall–Kier alpha value is -2.16. The SMILES string of the molecule is Cl.NC/C(=C\F)COc1ccc(-c2nc(N3CCOCC3)n[nH]2)cc1. The molecule has 2 heterocycles. The number of hydrogen-bond donors (Lipinski definition) is 2. The lowest BCUT2D eigenvalue weighted by atomic mass is 10.2. The number of morpholine rings is 1. The van der Waals surface area contributed by atoms with Gasteiger partial charge in [0.05, 0.1) is 19.5 Å². The largest absolute Gasteiger partial charge is 0.489 e. The molecule has 1 fully saturated rings. The Kier molecular flexibility index (Phi) is 7.17. The van der Waals surface area contributed by atoms with Crippen molar-refractivity contribution in [1.82, 2.24) is 15.2 Å². The molecule has 9 heteroatoms. The minimum absolute atomic E-state index is 0. The summed E-state index contributed by atoms with van der Waals surface area (Å²) in [5.41, 5.74) is 6.70. The summed E-state index contributed by atoms with van der Waals surface area (Å²) in [4.78, 5) is 6.60. The minimum atomic E-state index is 0. The number of benzene rings is 1. The smallest absolute Gasteiger partial charge is 0.245 e. The standard InChI is InChI=1S/C16H20FN5O2.ClH/c17-9-12(10-18)11-24-14-3-1-13(2-4-14)15-19-16(21-20-15)22-5-7-23-8-6-22;/h1-4,9H,5-8,10-11,18H2,(H,19,20,21);1H/b12-9+;. The second kappa shape index (κ2) is 9.36. The molecule has 0 spiro atoms. The van der Waals surface area contributed by atoms with Crippen molar-refractivity contribution in [3.05, 3.63) is 36.2 Å². The van der Waals surface area contributed by atoms with Crippen molar-refractivity contribution in [3.8, 4) is 17.1 Å². The zero-order valence-corrected chi connectivity index (χ0v) is 14.5. The van der Waals surface area contributed by atoms with E-state index in [0.717, 1.165) is 18.7 Å². The van der Waals surface area contributed by atoms with Crippen LogP contribution in [0.5, 0.6) is 5.75 Å². The molecule has 0 bridgehead atoms. The average molecular weight is 370 g/mol. The molecule has 1 aliphatic heterocycles. The lowest BCUT2D eigenvalue weighted by Crippen LogP contribution is -2.36. The summed E-state index contributed by atoms with van der Waals surface area (Å²) in [5, 5.41) is 7.21. The van der Waals surface area contributed by atoms with Gasteiger partial charge < -0.3 is 20.1 Å². The lowest BCUT2D eigenvalue weighted by molar-refractivity contribution is 0.122. The molecule has 0 amide bonds. The lowest BCUT2D eigenvalue weighted by Gasteiger charge is -2.25. The van der Waals surface area contributed by atoms with Crippen LogP contribution in [0.2, 0.25) is 0 Å². The van der Waals surface area contributed by atoms with Crippen LogP contribution in [0.25, 0.3) is 11.4 Å². The van der Waals surface area contributed by atoms with Gasteiger partial charge in [-0.25, -0.2) is 4.39 Å². The molecular weight excluding hydrogens is 349 g/mol. The van der Waals surface area contributed by atoms with Crippen LogP contribution in [0.3, 0.4) is 0 Å². The van der Waals surface area contributed by atoms with Crippen molar-refractivity contribution in [3.63, 3.8) is 0 Å². The predicted octanol–water partition coefficient (Wildman–Crippen LogP) is 1.92. The first-order valence-electron chi connectivity index (χ1n) is 7.76. The van der Waals surface area contributed by atoms with Gasteiger partial charge in [-0.05, 0) is 24.3 Å². The summed E-state index contributed by atoms with van der Waals surface area (Å²) in [7, 11) is 0. The quantitative estimate of drug-likeness (QED) is 0.808. The molecule has 0 aliphatic carbocycles. The van der Waals surface area contributed by atoms with Crippen molar-refractivity contribution < 1.29 is 13.9 Å². The van der Waals surface area contributed by atoms with E-state index >= 15 is 0 Å². The zero-order valence-electron chi connectivity index (χ0n) is 13.7. The van der Waals surface area contributed by atoms with Gasteiger partial charge in [0.25, 0.3) is 0 Å². The molecule has 1 aromatic carbocycles. The molecule has 3 rings (SSSR count). The molecule has 0 saturated carbocycles. The van der Waals surface area contributed by atoms with E-state index in [0.29, 0.717) is 42.6 Å². The van der Waals surface area contributed by atoms with Crippen LogP contribution in [-0.4, -0.2) is 54.6 Å². The van der Waals surface area contributed by atoms with Crippen molar-refractivity contribution in [1.29, 1.82) is 0 Å². The van der Waals surface area contributed by atoms with Crippen molar-refractivity contribution >= 4 is 18.4 Å². The van der Waals surface area contributed by atoms with Gasteiger partial charge in [0.1, 0.15) is 12.4 Å². The van der Waals surface area contributed by atoms with E-state index in [9.17, 15) is 4.39 Å². The van der Waals surface area contributed by atoms with Gasteiger partial charge in [-0.3, -0.25) is 5.10 Å². The molecule has 1 aromatic heterocycles. The van der Waals surface area contributed by atoms with Crippen LogP contribution in [-0.2, 0) is 4.74 Å². The first-order chi connectivity index (χ1) is 11.8. The summed E-state index contributed by atoms with van der Waals surface area (Å²) >= 11 is 0. The van der Waals surface area contributed by atoms with E-state index in [1.54, 1.807) is 12.1 Å². The van der Waals surface area contributed by atoms with Crippen LogP contribution in [0.15, 0.2) is 36.2 Å². The summed E-state index contributed by atoms with van der Waals surface area (Å²) in [6, 6.07) is 7.36. The summed E-state index contributed by atoms with van der Waals surface area (Å²) < 4.78 is 23.3. The first-order valence-corrected chi connectivity index (χ1v) is 7.76. The van der Waals surface area contributed by atoms with E-state index in [2.05, 4.69) is 20.1 Å².